The van der Waals surface area contributed by atoms with E-state index in [9.17, 15) is 4.79 Å². The van der Waals surface area contributed by atoms with E-state index in [0.717, 1.165) is 18.8 Å². The third kappa shape index (κ3) is 2.84. The average molecular weight is 325 g/mol. The number of hydrogen-bond acceptors (Lipinski definition) is 5. The molecule has 1 aliphatic heterocycles. The van der Waals surface area contributed by atoms with Gasteiger partial charge in [-0.15, -0.1) is 5.10 Å². The number of piperidine rings is 1. The molecule has 1 amide bonds. The quantitative estimate of drug-likeness (QED) is 0.801. The number of rotatable bonds is 3. The summed E-state index contributed by atoms with van der Waals surface area (Å²) in [6.45, 7) is 4.41. The van der Waals surface area contributed by atoms with Gasteiger partial charge in [0.1, 0.15) is 0 Å². The van der Waals surface area contributed by atoms with E-state index in [0.29, 0.717) is 11.6 Å². The van der Waals surface area contributed by atoms with E-state index in [4.69, 9.17) is 4.42 Å². The fourth-order valence-electron chi connectivity index (χ4n) is 3.12. The number of pyridine rings is 1. The highest BCUT2D eigenvalue weighted by molar-refractivity contribution is 6.01. The van der Waals surface area contributed by atoms with Crippen molar-refractivity contribution in [3.05, 3.63) is 42.5 Å². The van der Waals surface area contributed by atoms with Gasteiger partial charge in [0.25, 0.3) is 5.91 Å². The van der Waals surface area contributed by atoms with Crippen LogP contribution in [0, 0.1) is 5.92 Å². The van der Waals surface area contributed by atoms with E-state index in [-0.39, 0.29) is 17.6 Å². The number of carbonyl (C=O) groups is 1. The molecule has 4 heterocycles. The first-order chi connectivity index (χ1) is 11.7. The highest BCUT2D eigenvalue weighted by Crippen LogP contribution is 2.24. The zero-order chi connectivity index (χ0) is 16.5. The van der Waals surface area contributed by atoms with Gasteiger partial charge in [0.05, 0.1) is 6.26 Å². The summed E-state index contributed by atoms with van der Waals surface area (Å²) in [7, 11) is 0. The summed E-state index contributed by atoms with van der Waals surface area (Å²) in [5, 5.41) is 6.93. The van der Waals surface area contributed by atoms with E-state index in [1.807, 2.05) is 18.3 Å². The van der Waals surface area contributed by atoms with Gasteiger partial charge in [-0.1, -0.05) is 6.92 Å². The third-order valence-corrected chi connectivity index (χ3v) is 4.31. The van der Waals surface area contributed by atoms with Crippen LogP contribution in [-0.2, 0) is 0 Å². The number of amides is 1. The van der Waals surface area contributed by atoms with Gasteiger partial charge < -0.3 is 9.32 Å². The van der Waals surface area contributed by atoms with E-state index in [1.54, 1.807) is 16.6 Å². The normalized spacial score (nSPS) is 18.0. The molecule has 3 aromatic heterocycles. The van der Waals surface area contributed by atoms with Gasteiger partial charge in [-0.05, 0) is 37.0 Å². The van der Waals surface area contributed by atoms with Crippen molar-refractivity contribution in [2.24, 2.45) is 5.92 Å². The Morgan fingerprint density at radius 2 is 2.33 bits per heavy atom. The Morgan fingerprint density at radius 3 is 3.12 bits per heavy atom. The Kier molecular flexibility index (Phi) is 3.68. The van der Waals surface area contributed by atoms with E-state index in [2.05, 4.69) is 27.2 Å². The predicted octanol–water partition coefficient (Wildman–Crippen LogP) is 2.81. The highest BCUT2D eigenvalue weighted by atomic mass is 16.3. The lowest BCUT2D eigenvalue weighted by atomic mass is 10.00. The minimum Gasteiger partial charge on any atom is -0.459 e. The minimum atomic E-state index is -0.360. The van der Waals surface area contributed by atoms with Crippen LogP contribution < -0.4 is 10.2 Å². The lowest BCUT2D eigenvalue weighted by molar-refractivity contribution is 0.0996. The number of hydrogen-bond donors (Lipinski definition) is 1. The van der Waals surface area contributed by atoms with Crippen molar-refractivity contribution in [1.29, 1.82) is 0 Å². The molecule has 0 saturated carbocycles. The standard InChI is InChI=1S/C17H19N5O2/c1-12-4-2-7-21(11-12)13-6-8-22-15(10-13)18-17(20-22)19-16(23)14-5-3-9-24-14/h3,5-6,8-10,12H,2,4,7,11H2,1H3,(H,19,20,23). The van der Waals surface area contributed by atoms with Gasteiger partial charge in [-0.3, -0.25) is 10.1 Å². The zero-order valence-electron chi connectivity index (χ0n) is 13.5. The first-order valence-electron chi connectivity index (χ1n) is 8.15. The molecule has 3 aromatic rings. The zero-order valence-corrected chi connectivity index (χ0v) is 13.5. The van der Waals surface area contributed by atoms with Crippen LogP contribution in [0.2, 0.25) is 0 Å². The first-order valence-corrected chi connectivity index (χ1v) is 8.15. The summed E-state index contributed by atoms with van der Waals surface area (Å²) in [5.74, 6) is 0.842. The molecule has 0 radical (unpaired) electrons. The number of nitrogens with one attached hydrogen (secondary N) is 1. The maximum Gasteiger partial charge on any atom is 0.293 e. The molecule has 0 spiro atoms. The number of anilines is 2. The fraction of sp³-hybridized carbons (Fsp3) is 0.353. The van der Waals surface area contributed by atoms with Gasteiger partial charge >= 0.3 is 0 Å². The van der Waals surface area contributed by atoms with Crippen molar-refractivity contribution < 1.29 is 9.21 Å². The van der Waals surface area contributed by atoms with Crippen molar-refractivity contribution in [3.8, 4) is 0 Å². The Labute approximate surface area is 139 Å². The Bertz CT molecular complexity index is 855. The summed E-state index contributed by atoms with van der Waals surface area (Å²) in [4.78, 5) is 18.8. The van der Waals surface area contributed by atoms with Crippen molar-refractivity contribution in [2.45, 2.75) is 19.8 Å². The largest absolute Gasteiger partial charge is 0.459 e. The van der Waals surface area contributed by atoms with Crippen molar-refractivity contribution in [2.75, 3.05) is 23.3 Å². The Morgan fingerprint density at radius 1 is 1.42 bits per heavy atom. The molecule has 1 saturated heterocycles. The van der Waals surface area contributed by atoms with Crippen LogP contribution in [0.15, 0.2) is 41.1 Å². The molecule has 4 rings (SSSR count). The Hall–Kier alpha value is -2.83. The molecule has 0 aliphatic carbocycles. The summed E-state index contributed by atoms with van der Waals surface area (Å²) in [6.07, 6.45) is 5.83. The number of carbonyl (C=O) groups excluding carboxylic acids is 1. The fourth-order valence-corrected chi connectivity index (χ4v) is 3.12. The van der Waals surface area contributed by atoms with Crippen LogP contribution in [0.1, 0.15) is 30.3 Å². The molecule has 1 atom stereocenters. The first kappa shape index (κ1) is 14.7. The monoisotopic (exact) mass is 325 g/mol. The molecular weight excluding hydrogens is 306 g/mol. The number of aromatic nitrogens is 3. The second-order valence-corrected chi connectivity index (χ2v) is 6.25. The van der Waals surface area contributed by atoms with Crippen LogP contribution in [0.25, 0.3) is 5.65 Å². The molecule has 0 bridgehead atoms. The molecule has 7 nitrogen and oxygen atoms in total. The third-order valence-electron chi connectivity index (χ3n) is 4.31. The Balaban J connectivity index is 1.56. The molecular formula is C17H19N5O2. The lowest BCUT2D eigenvalue weighted by Gasteiger charge is -2.32. The van der Waals surface area contributed by atoms with Gasteiger partial charge in [-0.2, -0.15) is 4.98 Å². The van der Waals surface area contributed by atoms with E-state index < -0.39 is 0 Å². The average Bonchev–Trinajstić information content (AvgIpc) is 3.23. The van der Waals surface area contributed by atoms with Crippen LogP contribution in [-0.4, -0.2) is 33.6 Å². The van der Waals surface area contributed by atoms with Crippen molar-refractivity contribution in [3.63, 3.8) is 0 Å². The van der Waals surface area contributed by atoms with Crippen LogP contribution in [0.4, 0.5) is 11.6 Å². The van der Waals surface area contributed by atoms with Crippen LogP contribution in [0.3, 0.4) is 0 Å². The molecule has 1 fully saturated rings. The molecule has 7 heteroatoms. The summed E-state index contributed by atoms with van der Waals surface area (Å²) in [5.41, 5.74) is 1.85. The molecule has 0 aromatic carbocycles. The number of fused-ring (bicyclic) bond motifs is 1. The van der Waals surface area contributed by atoms with Gasteiger partial charge in [0.15, 0.2) is 11.4 Å². The maximum atomic E-state index is 12.0. The van der Waals surface area contributed by atoms with Crippen LogP contribution >= 0.6 is 0 Å². The molecule has 124 valence electrons. The molecule has 1 N–H and O–H groups in total. The van der Waals surface area contributed by atoms with Gasteiger partial charge in [0.2, 0.25) is 5.95 Å². The molecule has 1 aliphatic rings. The van der Waals surface area contributed by atoms with Crippen LogP contribution in [0.5, 0.6) is 0 Å². The van der Waals surface area contributed by atoms with Gasteiger partial charge in [-0.25, -0.2) is 4.52 Å². The number of furan rings is 1. The molecule has 1 unspecified atom stereocenters. The summed E-state index contributed by atoms with van der Waals surface area (Å²) >= 11 is 0. The summed E-state index contributed by atoms with van der Waals surface area (Å²) in [6, 6.07) is 7.31. The minimum absolute atomic E-state index is 0.233. The van der Waals surface area contributed by atoms with Crippen molar-refractivity contribution >= 4 is 23.2 Å². The second kappa shape index (κ2) is 5.99. The smallest absolute Gasteiger partial charge is 0.293 e. The number of nitrogens with zero attached hydrogens (tertiary/aromatic N) is 4. The topological polar surface area (TPSA) is 75.7 Å². The van der Waals surface area contributed by atoms with E-state index in [1.165, 1.54) is 19.1 Å². The predicted molar refractivity (Wildman–Crippen MR) is 90.3 cm³/mol. The maximum absolute atomic E-state index is 12.0. The van der Waals surface area contributed by atoms with Crippen molar-refractivity contribution in [1.82, 2.24) is 14.6 Å². The summed E-state index contributed by atoms with van der Waals surface area (Å²) < 4.78 is 6.73. The second-order valence-electron chi connectivity index (χ2n) is 6.25. The lowest BCUT2D eigenvalue weighted by Crippen LogP contribution is -2.34. The molecule has 24 heavy (non-hydrogen) atoms. The van der Waals surface area contributed by atoms with E-state index >= 15 is 0 Å². The SMILES string of the molecule is CC1CCCN(c2ccn3nc(NC(=O)c4ccco4)nc3c2)C1. The highest BCUT2D eigenvalue weighted by Gasteiger charge is 2.18. The van der Waals surface area contributed by atoms with Gasteiger partial charge in [0, 0.05) is 31.0 Å².